The molecule has 0 aliphatic heterocycles. The number of carbonyl (C=O) groups is 2. The van der Waals surface area contributed by atoms with Crippen LogP contribution in [-0.4, -0.2) is 31.1 Å². The number of carbonyl (C=O) groups excluding carboxylic acids is 2. The third kappa shape index (κ3) is 2.23. The van der Waals surface area contributed by atoms with Gasteiger partial charge in [0.05, 0.1) is 32.4 Å². The molecule has 1 aliphatic rings. The molecule has 6 nitrogen and oxygen atoms in total. The van der Waals surface area contributed by atoms with Crippen molar-refractivity contribution < 1.29 is 19.1 Å². The fraction of sp³-hybridized carbons (Fsp3) is 0.500. The highest BCUT2D eigenvalue weighted by Gasteiger charge is 2.53. The number of fused-ring (bicyclic) bond motifs is 1. The van der Waals surface area contributed by atoms with Gasteiger partial charge in [-0.15, -0.1) is 0 Å². The van der Waals surface area contributed by atoms with Crippen molar-refractivity contribution in [3.8, 4) is 6.07 Å². The highest BCUT2D eigenvalue weighted by atomic mass is 16.5. The van der Waals surface area contributed by atoms with E-state index in [2.05, 4.69) is 11.1 Å². The summed E-state index contributed by atoms with van der Waals surface area (Å²) in [6.45, 7) is 3.69. The van der Waals surface area contributed by atoms with E-state index in [-0.39, 0.29) is 19.3 Å². The molecule has 0 radical (unpaired) electrons. The van der Waals surface area contributed by atoms with Crippen molar-refractivity contribution in [3.05, 3.63) is 28.1 Å². The normalized spacial score (nSPS) is 14.9. The molecule has 0 aromatic carbocycles. The molecule has 1 aromatic heterocycles. The van der Waals surface area contributed by atoms with Gasteiger partial charge in [-0.2, -0.15) is 5.26 Å². The summed E-state index contributed by atoms with van der Waals surface area (Å²) in [4.78, 5) is 28.9. The van der Waals surface area contributed by atoms with Crippen LogP contribution >= 0.6 is 0 Å². The van der Waals surface area contributed by atoms with Crippen molar-refractivity contribution >= 4 is 11.9 Å². The van der Waals surface area contributed by atoms with E-state index in [1.165, 1.54) is 14.2 Å². The molecule has 22 heavy (non-hydrogen) atoms. The SMILES string of the molecule is COC(=O)C1(C(=O)OC)Cc2c(C)nc(CC#N)c(C)c2C1. The first kappa shape index (κ1) is 16.0. The zero-order valence-corrected chi connectivity index (χ0v) is 13.1. The van der Waals surface area contributed by atoms with E-state index in [4.69, 9.17) is 14.7 Å². The van der Waals surface area contributed by atoms with Crippen molar-refractivity contribution in [2.24, 2.45) is 5.41 Å². The average molecular weight is 302 g/mol. The number of nitrogens with zero attached hydrogens (tertiary/aromatic N) is 2. The Bertz CT molecular complexity index is 672. The number of esters is 2. The molecule has 1 heterocycles. The van der Waals surface area contributed by atoms with E-state index in [1.807, 2.05) is 13.8 Å². The Morgan fingerprint density at radius 2 is 1.73 bits per heavy atom. The van der Waals surface area contributed by atoms with E-state index in [9.17, 15) is 9.59 Å². The van der Waals surface area contributed by atoms with Gasteiger partial charge in [0, 0.05) is 18.5 Å². The minimum Gasteiger partial charge on any atom is -0.468 e. The Labute approximate surface area is 129 Å². The second kappa shape index (κ2) is 5.76. The number of hydrogen-bond acceptors (Lipinski definition) is 6. The van der Waals surface area contributed by atoms with Gasteiger partial charge >= 0.3 is 11.9 Å². The van der Waals surface area contributed by atoms with Crippen molar-refractivity contribution in [3.63, 3.8) is 0 Å². The van der Waals surface area contributed by atoms with E-state index in [1.54, 1.807) is 0 Å². The molecule has 1 aliphatic carbocycles. The van der Waals surface area contributed by atoms with Crippen LogP contribution in [0.3, 0.4) is 0 Å². The molecule has 0 atom stereocenters. The van der Waals surface area contributed by atoms with Crippen LogP contribution in [-0.2, 0) is 38.3 Å². The molecular formula is C16H18N2O4. The number of methoxy groups -OCH3 is 2. The van der Waals surface area contributed by atoms with Crippen LogP contribution in [0.2, 0.25) is 0 Å². The summed E-state index contributed by atoms with van der Waals surface area (Å²) in [5.74, 6) is -1.20. The summed E-state index contributed by atoms with van der Waals surface area (Å²) < 4.78 is 9.67. The van der Waals surface area contributed by atoms with E-state index < -0.39 is 17.4 Å². The Balaban J connectivity index is 2.58. The number of pyridine rings is 1. The molecule has 0 amide bonds. The highest BCUT2D eigenvalue weighted by molar-refractivity contribution is 6.01. The van der Waals surface area contributed by atoms with Gasteiger partial charge in [-0.05, 0) is 30.5 Å². The average Bonchev–Trinajstić information content (AvgIpc) is 2.93. The number of aromatic nitrogens is 1. The van der Waals surface area contributed by atoms with Crippen molar-refractivity contribution in [1.29, 1.82) is 5.26 Å². The molecule has 0 spiro atoms. The first-order valence-corrected chi connectivity index (χ1v) is 6.93. The molecule has 0 saturated heterocycles. The summed E-state index contributed by atoms with van der Waals surface area (Å²) in [6.07, 6.45) is 0.632. The monoisotopic (exact) mass is 302 g/mol. The lowest BCUT2D eigenvalue weighted by atomic mass is 9.84. The second-order valence-electron chi connectivity index (χ2n) is 5.48. The van der Waals surface area contributed by atoms with E-state index >= 15 is 0 Å². The Hall–Kier alpha value is -2.42. The van der Waals surface area contributed by atoms with Gasteiger partial charge in [0.25, 0.3) is 0 Å². The first-order valence-electron chi connectivity index (χ1n) is 6.93. The largest absolute Gasteiger partial charge is 0.468 e. The van der Waals surface area contributed by atoms with Crippen molar-refractivity contribution in [1.82, 2.24) is 4.98 Å². The Kier molecular flexibility index (Phi) is 4.18. The standard InChI is InChI=1S/C16H18N2O4/c1-9-11-7-16(14(19)21-3,15(20)22-4)8-12(11)10(2)18-13(9)5-6-17/h5,7-8H2,1-4H3. The molecule has 116 valence electrons. The summed E-state index contributed by atoms with van der Waals surface area (Å²) in [5, 5.41) is 8.90. The highest BCUT2D eigenvalue weighted by Crippen LogP contribution is 2.42. The predicted molar refractivity (Wildman–Crippen MR) is 76.9 cm³/mol. The molecule has 6 heteroatoms. The van der Waals surface area contributed by atoms with Crippen LogP contribution in [0, 0.1) is 30.6 Å². The maximum Gasteiger partial charge on any atom is 0.323 e. The minimum absolute atomic E-state index is 0.198. The zero-order chi connectivity index (χ0) is 16.5. The van der Waals surface area contributed by atoms with Crippen LogP contribution in [0.15, 0.2) is 0 Å². The summed E-state index contributed by atoms with van der Waals surface area (Å²) in [6, 6.07) is 2.09. The Morgan fingerprint density at radius 1 is 1.18 bits per heavy atom. The van der Waals surface area contributed by atoms with Crippen LogP contribution in [0.5, 0.6) is 0 Å². The predicted octanol–water partition coefficient (Wildman–Crippen LogP) is 1.20. The summed E-state index contributed by atoms with van der Waals surface area (Å²) in [7, 11) is 2.52. The molecule has 0 unspecified atom stereocenters. The Morgan fingerprint density at radius 3 is 2.23 bits per heavy atom. The van der Waals surface area contributed by atoms with Gasteiger partial charge in [0.1, 0.15) is 0 Å². The lowest BCUT2D eigenvalue weighted by molar-refractivity contribution is -0.168. The van der Waals surface area contributed by atoms with Crippen LogP contribution in [0.4, 0.5) is 0 Å². The quantitative estimate of drug-likeness (QED) is 0.615. The fourth-order valence-electron chi connectivity index (χ4n) is 3.12. The van der Waals surface area contributed by atoms with E-state index in [0.29, 0.717) is 5.69 Å². The third-order valence-corrected chi connectivity index (χ3v) is 4.35. The molecular weight excluding hydrogens is 284 g/mol. The van der Waals surface area contributed by atoms with Crippen molar-refractivity contribution in [2.75, 3.05) is 14.2 Å². The second-order valence-corrected chi connectivity index (χ2v) is 5.48. The first-order chi connectivity index (χ1) is 10.4. The van der Waals surface area contributed by atoms with E-state index in [0.717, 1.165) is 22.4 Å². The summed E-state index contributed by atoms with van der Waals surface area (Å²) in [5.41, 5.74) is 2.69. The third-order valence-electron chi connectivity index (χ3n) is 4.35. The maximum absolute atomic E-state index is 12.2. The summed E-state index contributed by atoms with van der Waals surface area (Å²) >= 11 is 0. The van der Waals surface area contributed by atoms with Crippen molar-refractivity contribution in [2.45, 2.75) is 33.1 Å². The van der Waals surface area contributed by atoms with Gasteiger partial charge in [0.2, 0.25) is 0 Å². The fourth-order valence-corrected chi connectivity index (χ4v) is 3.12. The van der Waals surface area contributed by atoms with Crippen LogP contribution in [0.1, 0.15) is 28.1 Å². The lowest BCUT2D eigenvalue weighted by Crippen LogP contribution is -2.42. The zero-order valence-electron chi connectivity index (χ0n) is 13.1. The minimum atomic E-state index is -1.35. The smallest absolute Gasteiger partial charge is 0.323 e. The lowest BCUT2D eigenvalue weighted by Gasteiger charge is -2.22. The number of ether oxygens (including phenoxy) is 2. The molecule has 0 saturated carbocycles. The number of rotatable bonds is 3. The molecule has 0 N–H and O–H groups in total. The maximum atomic E-state index is 12.2. The molecule has 2 rings (SSSR count). The van der Waals surface area contributed by atoms with Crippen LogP contribution < -0.4 is 0 Å². The number of aryl methyl sites for hydroxylation is 1. The number of nitriles is 1. The van der Waals surface area contributed by atoms with Gasteiger partial charge in [-0.3, -0.25) is 14.6 Å². The topological polar surface area (TPSA) is 89.3 Å². The van der Waals surface area contributed by atoms with Gasteiger partial charge in [-0.25, -0.2) is 0 Å². The molecule has 0 bridgehead atoms. The molecule has 1 aromatic rings. The molecule has 0 fully saturated rings. The van der Waals surface area contributed by atoms with Crippen LogP contribution in [0.25, 0.3) is 0 Å². The van der Waals surface area contributed by atoms with Gasteiger partial charge < -0.3 is 9.47 Å². The number of hydrogen-bond donors (Lipinski definition) is 0. The van der Waals surface area contributed by atoms with Gasteiger partial charge in [0.15, 0.2) is 5.41 Å². The van der Waals surface area contributed by atoms with Gasteiger partial charge in [-0.1, -0.05) is 0 Å².